The maximum Gasteiger partial charge on any atom is 0.309 e. The monoisotopic (exact) mass is 262 g/mol. The molecule has 100 valence electrons. The summed E-state index contributed by atoms with van der Waals surface area (Å²) in [5, 5.41) is 12.9. The molecule has 6 nitrogen and oxygen atoms in total. The van der Waals surface area contributed by atoms with Gasteiger partial charge in [-0.3, -0.25) is 4.79 Å². The van der Waals surface area contributed by atoms with E-state index >= 15 is 0 Å². The Morgan fingerprint density at radius 1 is 1.26 bits per heavy atom. The topological polar surface area (TPSA) is 73.6 Å². The number of carbonyl (C=O) groups is 1. The van der Waals surface area contributed by atoms with Crippen molar-refractivity contribution in [2.75, 3.05) is 14.2 Å². The zero-order chi connectivity index (χ0) is 13.8. The number of rotatable bonds is 5. The molecule has 1 heterocycles. The van der Waals surface area contributed by atoms with Crippen molar-refractivity contribution in [3.05, 3.63) is 36.2 Å². The molecule has 6 heteroatoms. The first-order valence-electron chi connectivity index (χ1n) is 5.62. The molecule has 1 N–H and O–H groups in total. The number of hydrogen-bond acceptors (Lipinski definition) is 4. The molecule has 0 spiro atoms. The zero-order valence-electron chi connectivity index (χ0n) is 10.7. The minimum atomic E-state index is -0.909. The average Bonchev–Trinajstić information content (AvgIpc) is 2.85. The van der Waals surface area contributed by atoms with Crippen LogP contribution in [0.25, 0.3) is 5.69 Å². The van der Waals surface area contributed by atoms with E-state index in [4.69, 9.17) is 14.6 Å². The van der Waals surface area contributed by atoms with Crippen LogP contribution in [0.3, 0.4) is 0 Å². The molecule has 0 aliphatic rings. The summed E-state index contributed by atoms with van der Waals surface area (Å²) >= 11 is 0. The van der Waals surface area contributed by atoms with Crippen LogP contribution in [0.4, 0.5) is 0 Å². The van der Waals surface area contributed by atoms with Crippen LogP contribution < -0.4 is 9.47 Å². The number of carboxylic acids is 1. The Morgan fingerprint density at radius 3 is 2.42 bits per heavy atom. The van der Waals surface area contributed by atoms with Crippen LogP contribution in [-0.4, -0.2) is 35.1 Å². The second-order valence-corrected chi connectivity index (χ2v) is 3.89. The van der Waals surface area contributed by atoms with Crippen LogP contribution >= 0.6 is 0 Å². The molecule has 0 radical (unpaired) electrons. The molecule has 0 amide bonds. The molecule has 0 unspecified atom stereocenters. The van der Waals surface area contributed by atoms with Crippen molar-refractivity contribution >= 4 is 5.97 Å². The number of aromatic nitrogens is 2. The normalized spacial score (nSPS) is 10.2. The Hall–Kier alpha value is -2.50. The van der Waals surface area contributed by atoms with Crippen molar-refractivity contribution < 1.29 is 19.4 Å². The number of aliphatic carboxylic acids is 1. The fourth-order valence-electron chi connectivity index (χ4n) is 1.68. The third kappa shape index (κ3) is 3.04. The average molecular weight is 262 g/mol. The highest BCUT2D eigenvalue weighted by Crippen LogP contribution is 2.24. The summed E-state index contributed by atoms with van der Waals surface area (Å²) < 4.78 is 11.9. The predicted molar refractivity (Wildman–Crippen MR) is 68.0 cm³/mol. The third-order valence-corrected chi connectivity index (χ3v) is 2.58. The second-order valence-electron chi connectivity index (χ2n) is 3.89. The van der Waals surface area contributed by atoms with Crippen molar-refractivity contribution in [2.45, 2.75) is 6.42 Å². The van der Waals surface area contributed by atoms with Gasteiger partial charge in [-0.2, -0.15) is 5.10 Å². The summed E-state index contributed by atoms with van der Waals surface area (Å²) in [6.45, 7) is 0. The Balaban J connectivity index is 2.35. The van der Waals surface area contributed by atoms with Gasteiger partial charge in [-0.15, -0.1) is 0 Å². The predicted octanol–water partition coefficient (Wildman–Crippen LogP) is 1.52. The van der Waals surface area contributed by atoms with Gasteiger partial charge in [0.05, 0.1) is 32.0 Å². The third-order valence-electron chi connectivity index (χ3n) is 2.58. The van der Waals surface area contributed by atoms with Crippen LogP contribution in [0.1, 0.15) is 5.69 Å². The first-order valence-corrected chi connectivity index (χ1v) is 5.62. The smallest absolute Gasteiger partial charge is 0.309 e. The van der Waals surface area contributed by atoms with E-state index in [1.165, 1.54) is 0 Å². The summed E-state index contributed by atoms with van der Waals surface area (Å²) in [5.74, 6) is 0.378. The van der Waals surface area contributed by atoms with E-state index in [9.17, 15) is 4.79 Å². The molecule has 0 aliphatic carbocycles. The molecule has 19 heavy (non-hydrogen) atoms. The molecule has 0 fully saturated rings. The van der Waals surface area contributed by atoms with Crippen LogP contribution in [-0.2, 0) is 11.2 Å². The fourth-order valence-corrected chi connectivity index (χ4v) is 1.68. The first kappa shape index (κ1) is 12.9. The Kier molecular flexibility index (Phi) is 3.70. The van der Waals surface area contributed by atoms with Crippen LogP contribution in [0.2, 0.25) is 0 Å². The highest BCUT2D eigenvalue weighted by Gasteiger charge is 2.08. The molecule has 1 aromatic carbocycles. The Morgan fingerprint density at radius 2 is 1.89 bits per heavy atom. The molecule has 0 saturated carbocycles. The first-order chi connectivity index (χ1) is 9.12. The van der Waals surface area contributed by atoms with Crippen LogP contribution in [0, 0.1) is 0 Å². The van der Waals surface area contributed by atoms with Crippen LogP contribution in [0.5, 0.6) is 11.5 Å². The molecule has 2 aromatic rings. The lowest BCUT2D eigenvalue weighted by Gasteiger charge is -2.08. The van der Waals surface area contributed by atoms with Gasteiger partial charge in [0.2, 0.25) is 0 Å². The van der Waals surface area contributed by atoms with E-state index in [1.807, 2.05) is 0 Å². The number of nitrogens with zero attached hydrogens (tertiary/aromatic N) is 2. The molecular weight excluding hydrogens is 248 g/mol. The van der Waals surface area contributed by atoms with Gasteiger partial charge in [0.25, 0.3) is 0 Å². The molecule has 0 saturated heterocycles. The van der Waals surface area contributed by atoms with Gasteiger partial charge in [-0.05, 0) is 6.07 Å². The van der Waals surface area contributed by atoms with Gasteiger partial charge in [-0.1, -0.05) is 0 Å². The Bertz CT molecular complexity index is 570. The summed E-state index contributed by atoms with van der Waals surface area (Å²) in [6.07, 6.45) is 1.60. The van der Waals surface area contributed by atoms with Gasteiger partial charge in [-0.25, -0.2) is 4.68 Å². The number of carboxylic acid groups (broad SMARTS) is 1. The Labute approximate surface area is 110 Å². The van der Waals surface area contributed by atoms with Crippen molar-refractivity contribution in [1.29, 1.82) is 0 Å². The molecule has 0 aliphatic heterocycles. The standard InChI is InChI=1S/C13H14N2O4/c1-18-11-6-10(7-12(8-11)19-2)15-4-3-9(14-15)5-13(16)17/h3-4,6-8H,5H2,1-2H3,(H,16,17). The van der Waals surface area contributed by atoms with Crippen LogP contribution in [0.15, 0.2) is 30.5 Å². The van der Waals surface area contributed by atoms with Crippen molar-refractivity contribution in [3.8, 4) is 17.2 Å². The summed E-state index contributed by atoms with van der Waals surface area (Å²) in [5.41, 5.74) is 1.24. The number of benzene rings is 1. The van der Waals surface area contributed by atoms with Gasteiger partial charge < -0.3 is 14.6 Å². The number of methoxy groups -OCH3 is 2. The van der Waals surface area contributed by atoms with Gasteiger partial charge in [0, 0.05) is 24.4 Å². The maximum atomic E-state index is 10.6. The lowest BCUT2D eigenvalue weighted by molar-refractivity contribution is -0.136. The quantitative estimate of drug-likeness (QED) is 0.884. The highest BCUT2D eigenvalue weighted by atomic mass is 16.5. The number of hydrogen-bond donors (Lipinski definition) is 1. The maximum absolute atomic E-state index is 10.6. The minimum Gasteiger partial charge on any atom is -0.497 e. The molecule has 0 atom stereocenters. The molecule has 0 bridgehead atoms. The minimum absolute atomic E-state index is 0.103. The van der Waals surface area contributed by atoms with Gasteiger partial charge in [0.1, 0.15) is 11.5 Å². The van der Waals surface area contributed by atoms with Crippen molar-refractivity contribution in [1.82, 2.24) is 9.78 Å². The van der Waals surface area contributed by atoms with E-state index in [0.29, 0.717) is 17.2 Å². The molecular formula is C13H14N2O4. The molecule has 2 rings (SSSR count). The summed E-state index contributed by atoms with van der Waals surface area (Å²) in [6, 6.07) is 7.01. The highest BCUT2D eigenvalue weighted by molar-refractivity contribution is 5.69. The van der Waals surface area contributed by atoms with Gasteiger partial charge >= 0.3 is 5.97 Å². The fraction of sp³-hybridized carbons (Fsp3) is 0.231. The summed E-state index contributed by atoms with van der Waals surface area (Å²) in [7, 11) is 3.13. The van der Waals surface area contributed by atoms with E-state index < -0.39 is 5.97 Å². The molecule has 1 aromatic heterocycles. The lowest BCUT2D eigenvalue weighted by Crippen LogP contribution is -2.02. The SMILES string of the molecule is COc1cc(OC)cc(-n2ccc(CC(=O)O)n2)c1. The van der Waals surface area contributed by atoms with Crippen molar-refractivity contribution in [3.63, 3.8) is 0 Å². The van der Waals surface area contributed by atoms with E-state index in [1.54, 1.807) is 49.4 Å². The van der Waals surface area contributed by atoms with E-state index in [-0.39, 0.29) is 6.42 Å². The number of ether oxygens (including phenoxy) is 2. The van der Waals surface area contributed by atoms with E-state index in [0.717, 1.165) is 5.69 Å². The second kappa shape index (κ2) is 5.43. The zero-order valence-corrected chi connectivity index (χ0v) is 10.7. The lowest BCUT2D eigenvalue weighted by atomic mass is 10.3. The van der Waals surface area contributed by atoms with E-state index in [2.05, 4.69) is 5.10 Å². The van der Waals surface area contributed by atoms with Gasteiger partial charge in [0.15, 0.2) is 0 Å². The van der Waals surface area contributed by atoms with Crippen molar-refractivity contribution in [2.24, 2.45) is 0 Å². The largest absolute Gasteiger partial charge is 0.497 e. The summed E-state index contributed by atoms with van der Waals surface area (Å²) in [4.78, 5) is 10.6.